The normalized spacial score (nSPS) is 12.2. The van der Waals surface area contributed by atoms with Crippen LogP contribution in [0.4, 0.5) is 0 Å². The van der Waals surface area contributed by atoms with Crippen molar-refractivity contribution in [2.24, 2.45) is 5.73 Å². The minimum absolute atomic E-state index is 0.0544. The molecule has 0 amide bonds. The molecule has 0 bridgehead atoms. The van der Waals surface area contributed by atoms with Crippen LogP contribution < -0.4 is 10.5 Å². The highest BCUT2D eigenvalue weighted by molar-refractivity contribution is 5.90. The van der Waals surface area contributed by atoms with E-state index >= 15 is 0 Å². The average Bonchev–Trinajstić information content (AvgIpc) is 3.29. The molecule has 8 nitrogen and oxygen atoms in total. The van der Waals surface area contributed by atoms with Crippen LogP contribution in [0.15, 0.2) is 54.7 Å². The van der Waals surface area contributed by atoms with Gasteiger partial charge in [0, 0.05) is 24.6 Å². The zero-order chi connectivity index (χ0) is 23.2. The molecular weight excluding hydrogens is 418 g/mol. The minimum atomic E-state index is -0.150. The highest BCUT2D eigenvalue weighted by Gasteiger charge is 2.16. The van der Waals surface area contributed by atoms with Crippen LogP contribution in [-0.2, 0) is 6.61 Å². The summed E-state index contributed by atoms with van der Waals surface area (Å²) < 4.78 is 7.73. The van der Waals surface area contributed by atoms with Gasteiger partial charge in [-0.2, -0.15) is 5.10 Å². The summed E-state index contributed by atoms with van der Waals surface area (Å²) in [6.45, 7) is 2.39. The number of aromatic nitrogens is 4. The van der Waals surface area contributed by atoms with Crippen LogP contribution in [-0.4, -0.2) is 43.2 Å². The standard InChI is InChI=1S/C25H29N5O3/c1-2-6-20(26)22-9-4-8-21(29-22)17-13-23-19(24(14-17)33-12-5-11-31)15-27-30(23)25-10-3-7-18(16-32)28-25/h3-4,7-10,13-15,20,31-32H,2,5-6,11-12,16,26H2,1H3. The zero-order valence-electron chi connectivity index (χ0n) is 18.7. The fraction of sp³-hybridized carbons (Fsp3) is 0.320. The SMILES string of the molecule is CCCC(N)c1cccc(-c2cc(OCCCO)c3cnn(-c4cccc(CO)n4)c3c2)n1. The molecule has 0 saturated heterocycles. The van der Waals surface area contributed by atoms with E-state index in [1.54, 1.807) is 16.9 Å². The number of aliphatic hydroxyl groups excluding tert-OH is 2. The number of benzene rings is 1. The molecule has 0 radical (unpaired) electrons. The third-order valence-electron chi connectivity index (χ3n) is 5.43. The Hall–Kier alpha value is -3.33. The van der Waals surface area contributed by atoms with Gasteiger partial charge in [0.05, 0.1) is 47.4 Å². The Balaban J connectivity index is 1.84. The quantitative estimate of drug-likeness (QED) is 0.318. The maximum absolute atomic E-state index is 9.49. The van der Waals surface area contributed by atoms with Gasteiger partial charge in [-0.05, 0) is 42.8 Å². The summed E-state index contributed by atoms with van der Waals surface area (Å²) in [5, 5.41) is 24.0. The Kier molecular flexibility index (Phi) is 7.29. The van der Waals surface area contributed by atoms with Gasteiger partial charge in [0.2, 0.25) is 0 Å². The lowest BCUT2D eigenvalue weighted by molar-refractivity contribution is 0.235. The van der Waals surface area contributed by atoms with E-state index < -0.39 is 0 Å². The Bertz CT molecular complexity index is 1220. The van der Waals surface area contributed by atoms with Crippen LogP contribution in [0.2, 0.25) is 0 Å². The van der Waals surface area contributed by atoms with Gasteiger partial charge in [0.25, 0.3) is 0 Å². The number of aliphatic hydroxyl groups is 2. The summed E-state index contributed by atoms with van der Waals surface area (Å²) in [4.78, 5) is 9.31. The summed E-state index contributed by atoms with van der Waals surface area (Å²) in [6.07, 6.45) is 4.12. The number of nitrogens with zero attached hydrogens (tertiary/aromatic N) is 4. The second kappa shape index (κ2) is 10.5. The van der Waals surface area contributed by atoms with Crippen LogP contribution in [0.25, 0.3) is 28.0 Å². The molecule has 4 rings (SSSR count). The number of rotatable bonds is 10. The van der Waals surface area contributed by atoms with Crippen molar-refractivity contribution in [3.05, 3.63) is 66.1 Å². The van der Waals surface area contributed by atoms with Crippen molar-refractivity contribution < 1.29 is 14.9 Å². The van der Waals surface area contributed by atoms with Crippen molar-refractivity contribution in [1.82, 2.24) is 19.7 Å². The molecule has 3 aromatic heterocycles. The molecule has 1 atom stereocenters. The summed E-state index contributed by atoms with van der Waals surface area (Å²) in [6, 6.07) is 15.1. The van der Waals surface area contributed by atoms with E-state index in [0.29, 0.717) is 30.3 Å². The Morgan fingerprint density at radius 1 is 1.09 bits per heavy atom. The third kappa shape index (κ3) is 5.03. The van der Waals surface area contributed by atoms with E-state index in [0.717, 1.165) is 40.7 Å². The lowest BCUT2D eigenvalue weighted by atomic mass is 10.1. The molecule has 0 spiro atoms. The molecule has 0 aliphatic carbocycles. The second-order valence-electron chi connectivity index (χ2n) is 7.88. The molecule has 0 saturated carbocycles. The lowest BCUT2D eigenvalue weighted by Gasteiger charge is -2.13. The monoisotopic (exact) mass is 447 g/mol. The van der Waals surface area contributed by atoms with E-state index in [2.05, 4.69) is 17.0 Å². The van der Waals surface area contributed by atoms with Crippen molar-refractivity contribution in [2.45, 2.75) is 38.8 Å². The molecule has 4 N–H and O–H groups in total. The number of pyridine rings is 2. The van der Waals surface area contributed by atoms with Crippen LogP contribution in [0.5, 0.6) is 5.75 Å². The zero-order valence-corrected chi connectivity index (χ0v) is 18.7. The van der Waals surface area contributed by atoms with E-state index in [1.165, 1.54) is 0 Å². The van der Waals surface area contributed by atoms with Gasteiger partial charge in [-0.3, -0.25) is 4.98 Å². The maximum atomic E-state index is 9.49. The number of ether oxygens (including phenoxy) is 1. The number of fused-ring (bicyclic) bond motifs is 1. The van der Waals surface area contributed by atoms with Gasteiger partial charge in [-0.25, -0.2) is 9.67 Å². The van der Waals surface area contributed by atoms with Crippen molar-refractivity contribution in [3.63, 3.8) is 0 Å². The Morgan fingerprint density at radius 2 is 1.94 bits per heavy atom. The number of nitrogens with two attached hydrogens (primary N) is 1. The van der Waals surface area contributed by atoms with E-state index in [1.807, 2.05) is 42.5 Å². The first-order valence-electron chi connectivity index (χ1n) is 11.2. The van der Waals surface area contributed by atoms with Crippen molar-refractivity contribution in [1.29, 1.82) is 0 Å². The van der Waals surface area contributed by atoms with Gasteiger partial charge >= 0.3 is 0 Å². The molecule has 1 aromatic carbocycles. The second-order valence-corrected chi connectivity index (χ2v) is 7.88. The van der Waals surface area contributed by atoms with Crippen LogP contribution >= 0.6 is 0 Å². The Morgan fingerprint density at radius 3 is 2.73 bits per heavy atom. The highest BCUT2D eigenvalue weighted by Crippen LogP contribution is 2.33. The summed E-state index contributed by atoms with van der Waals surface area (Å²) in [7, 11) is 0. The molecule has 0 aliphatic heterocycles. The third-order valence-corrected chi connectivity index (χ3v) is 5.43. The van der Waals surface area contributed by atoms with Gasteiger partial charge in [0.15, 0.2) is 5.82 Å². The van der Waals surface area contributed by atoms with Crippen molar-refractivity contribution in [3.8, 4) is 22.8 Å². The maximum Gasteiger partial charge on any atom is 0.154 e. The molecule has 4 aromatic rings. The predicted octanol–water partition coefficient (Wildman–Crippen LogP) is 3.54. The first kappa shape index (κ1) is 22.8. The van der Waals surface area contributed by atoms with E-state index in [-0.39, 0.29) is 19.3 Å². The topological polar surface area (TPSA) is 119 Å². The predicted molar refractivity (Wildman–Crippen MR) is 127 cm³/mol. The molecule has 0 fully saturated rings. The van der Waals surface area contributed by atoms with E-state index in [4.69, 9.17) is 15.5 Å². The first-order valence-corrected chi connectivity index (χ1v) is 11.2. The smallest absolute Gasteiger partial charge is 0.154 e. The highest BCUT2D eigenvalue weighted by atomic mass is 16.5. The molecule has 0 aliphatic rings. The fourth-order valence-corrected chi connectivity index (χ4v) is 3.74. The van der Waals surface area contributed by atoms with Crippen LogP contribution in [0.1, 0.15) is 43.6 Å². The summed E-state index contributed by atoms with van der Waals surface area (Å²) in [5.41, 5.74) is 10.2. The first-order chi connectivity index (χ1) is 16.1. The van der Waals surface area contributed by atoms with Crippen LogP contribution in [0, 0.1) is 0 Å². The largest absolute Gasteiger partial charge is 0.493 e. The van der Waals surface area contributed by atoms with Crippen molar-refractivity contribution >= 4 is 10.9 Å². The van der Waals surface area contributed by atoms with Gasteiger partial charge < -0.3 is 20.7 Å². The lowest BCUT2D eigenvalue weighted by Crippen LogP contribution is -2.11. The molecular formula is C25H29N5O3. The van der Waals surface area contributed by atoms with Crippen LogP contribution in [0.3, 0.4) is 0 Å². The summed E-state index contributed by atoms with van der Waals surface area (Å²) in [5.74, 6) is 1.26. The molecule has 1 unspecified atom stereocenters. The molecule has 33 heavy (non-hydrogen) atoms. The average molecular weight is 448 g/mol. The van der Waals surface area contributed by atoms with Gasteiger partial charge in [-0.15, -0.1) is 0 Å². The summed E-state index contributed by atoms with van der Waals surface area (Å²) >= 11 is 0. The molecule has 172 valence electrons. The molecule has 3 heterocycles. The van der Waals surface area contributed by atoms with Gasteiger partial charge in [0.1, 0.15) is 5.75 Å². The minimum Gasteiger partial charge on any atom is -0.493 e. The number of hydrogen-bond acceptors (Lipinski definition) is 7. The van der Waals surface area contributed by atoms with Crippen molar-refractivity contribution in [2.75, 3.05) is 13.2 Å². The van der Waals surface area contributed by atoms with E-state index in [9.17, 15) is 10.2 Å². The Labute approximate surface area is 192 Å². The molecule has 8 heteroatoms. The fourth-order valence-electron chi connectivity index (χ4n) is 3.74. The van der Waals surface area contributed by atoms with Gasteiger partial charge in [-0.1, -0.05) is 25.5 Å². The number of hydrogen-bond donors (Lipinski definition) is 3.